The van der Waals surface area contributed by atoms with E-state index in [1.807, 2.05) is 20.8 Å². The molecule has 20 heavy (non-hydrogen) atoms. The van der Waals surface area contributed by atoms with Crippen LogP contribution in [0.1, 0.15) is 45.5 Å². The van der Waals surface area contributed by atoms with Gasteiger partial charge in [0.25, 0.3) is 0 Å². The van der Waals surface area contributed by atoms with Crippen LogP contribution < -0.4 is 5.32 Å². The van der Waals surface area contributed by atoms with Gasteiger partial charge >= 0.3 is 5.97 Å². The van der Waals surface area contributed by atoms with Gasteiger partial charge in [0.1, 0.15) is 10.4 Å². The van der Waals surface area contributed by atoms with Gasteiger partial charge in [-0.05, 0) is 42.6 Å². The van der Waals surface area contributed by atoms with E-state index in [9.17, 15) is 4.79 Å². The topological polar surface area (TPSA) is 64.1 Å². The minimum atomic E-state index is -0.202. The average molecular weight is 344 g/mol. The molecule has 0 fully saturated rings. The van der Waals surface area contributed by atoms with E-state index in [1.165, 1.54) is 0 Å². The molecule has 1 rings (SSSR count). The number of nitrogens with zero attached hydrogens (tertiary/aromatic N) is 2. The van der Waals surface area contributed by atoms with Crippen molar-refractivity contribution >= 4 is 27.7 Å². The Hall–Kier alpha value is -1.17. The van der Waals surface area contributed by atoms with Gasteiger partial charge in [0, 0.05) is 6.04 Å². The first kappa shape index (κ1) is 16.9. The van der Waals surface area contributed by atoms with Crippen LogP contribution in [-0.2, 0) is 22.4 Å². The van der Waals surface area contributed by atoms with Gasteiger partial charge in [0.15, 0.2) is 0 Å². The van der Waals surface area contributed by atoms with E-state index in [0.29, 0.717) is 13.0 Å². The van der Waals surface area contributed by atoms with Gasteiger partial charge in [-0.3, -0.25) is 4.79 Å². The highest BCUT2D eigenvalue weighted by molar-refractivity contribution is 9.10. The third-order valence-electron chi connectivity index (χ3n) is 2.82. The lowest BCUT2D eigenvalue weighted by molar-refractivity contribution is -0.143. The molecule has 0 aromatic carbocycles. The van der Waals surface area contributed by atoms with Gasteiger partial charge in [-0.15, -0.1) is 0 Å². The van der Waals surface area contributed by atoms with Gasteiger partial charge in [0.05, 0.1) is 24.4 Å². The molecule has 1 aromatic rings. The van der Waals surface area contributed by atoms with E-state index in [2.05, 4.69) is 31.2 Å². The highest BCUT2D eigenvalue weighted by Gasteiger charge is 2.14. The number of halogens is 1. The first-order valence-electron chi connectivity index (χ1n) is 6.99. The van der Waals surface area contributed by atoms with Crippen molar-refractivity contribution in [3.63, 3.8) is 0 Å². The minimum Gasteiger partial charge on any atom is -0.466 e. The largest absolute Gasteiger partial charge is 0.466 e. The number of carbonyl (C=O) groups excluding carboxylic acids is 1. The zero-order chi connectivity index (χ0) is 15.1. The fourth-order valence-corrected chi connectivity index (χ4v) is 2.41. The Labute approximate surface area is 128 Å². The maximum atomic E-state index is 11.5. The number of carbonyl (C=O) groups is 1. The second kappa shape index (κ2) is 8.19. The predicted molar refractivity (Wildman–Crippen MR) is 82.8 cm³/mol. The van der Waals surface area contributed by atoms with Crippen LogP contribution in [0, 0.1) is 0 Å². The molecule has 1 heterocycles. The number of esters is 1. The van der Waals surface area contributed by atoms with Crippen molar-refractivity contribution in [3.8, 4) is 0 Å². The Balaban J connectivity index is 2.82. The zero-order valence-corrected chi connectivity index (χ0v) is 14.1. The summed E-state index contributed by atoms with van der Waals surface area (Å²) in [6, 6.07) is -0.0421. The van der Waals surface area contributed by atoms with Crippen LogP contribution in [0.25, 0.3) is 0 Å². The second-order valence-corrected chi connectivity index (χ2v) is 5.27. The highest BCUT2D eigenvalue weighted by Crippen LogP contribution is 2.20. The number of aryl methyl sites for hydroxylation is 2. The molecule has 6 heteroatoms. The summed E-state index contributed by atoms with van der Waals surface area (Å²) in [6.45, 7) is 8.21. The lowest BCUT2D eigenvalue weighted by Gasteiger charge is -2.17. The van der Waals surface area contributed by atoms with Gasteiger partial charge in [-0.1, -0.05) is 13.8 Å². The molecule has 1 N–H and O–H groups in total. The maximum absolute atomic E-state index is 11.5. The number of hydrogen-bond donors (Lipinski definition) is 1. The summed E-state index contributed by atoms with van der Waals surface area (Å²) in [5.74, 6) is 0.552. The molecule has 0 aliphatic rings. The van der Waals surface area contributed by atoms with E-state index in [1.54, 1.807) is 6.92 Å². The van der Waals surface area contributed by atoms with Crippen LogP contribution in [0.15, 0.2) is 4.60 Å². The summed E-state index contributed by atoms with van der Waals surface area (Å²) in [4.78, 5) is 20.6. The van der Waals surface area contributed by atoms with Crippen molar-refractivity contribution in [3.05, 3.63) is 16.0 Å². The van der Waals surface area contributed by atoms with Crippen molar-refractivity contribution in [2.75, 3.05) is 11.9 Å². The molecular formula is C14H22BrN3O2. The summed E-state index contributed by atoms with van der Waals surface area (Å²) in [5, 5.41) is 3.26. The first-order valence-corrected chi connectivity index (χ1v) is 7.78. The fourth-order valence-electron chi connectivity index (χ4n) is 1.82. The Morgan fingerprint density at radius 3 is 2.45 bits per heavy atom. The van der Waals surface area contributed by atoms with Crippen LogP contribution in [0.4, 0.5) is 5.82 Å². The smallest absolute Gasteiger partial charge is 0.307 e. The minimum absolute atomic E-state index is 0.0421. The van der Waals surface area contributed by atoms with Crippen molar-refractivity contribution in [1.29, 1.82) is 0 Å². The molecular weight excluding hydrogens is 322 g/mol. The van der Waals surface area contributed by atoms with Crippen LogP contribution in [0.2, 0.25) is 0 Å². The molecule has 0 spiro atoms. The Kier molecular flexibility index (Phi) is 6.91. The summed E-state index contributed by atoms with van der Waals surface area (Å²) in [7, 11) is 0. The van der Waals surface area contributed by atoms with Crippen molar-refractivity contribution in [2.24, 2.45) is 0 Å². The number of nitrogens with one attached hydrogen (secondary N) is 1. The van der Waals surface area contributed by atoms with Gasteiger partial charge in [-0.2, -0.15) is 0 Å². The molecule has 0 radical (unpaired) electrons. The number of ether oxygens (including phenoxy) is 1. The second-order valence-electron chi connectivity index (χ2n) is 4.52. The summed E-state index contributed by atoms with van der Waals surface area (Å²) in [6.07, 6.45) is 1.90. The van der Waals surface area contributed by atoms with Gasteiger partial charge in [0.2, 0.25) is 0 Å². The Morgan fingerprint density at radius 1 is 1.25 bits per heavy atom. The molecule has 0 aliphatic heterocycles. The van der Waals surface area contributed by atoms with Crippen LogP contribution in [0.5, 0.6) is 0 Å². The van der Waals surface area contributed by atoms with Crippen molar-refractivity contribution < 1.29 is 9.53 Å². The van der Waals surface area contributed by atoms with E-state index < -0.39 is 0 Å². The van der Waals surface area contributed by atoms with Gasteiger partial charge in [-0.25, -0.2) is 9.97 Å². The number of hydrogen-bond acceptors (Lipinski definition) is 5. The molecule has 1 aromatic heterocycles. The van der Waals surface area contributed by atoms with Crippen molar-refractivity contribution in [1.82, 2.24) is 9.97 Å². The predicted octanol–water partition coefficient (Wildman–Crippen LogP) is 3.12. The quantitative estimate of drug-likeness (QED) is 0.770. The number of rotatable bonds is 7. The lowest BCUT2D eigenvalue weighted by Crippen LogP contribution is -2.23. The van der Waals surface area contributed by atoms with Crippen molar-refractivity contribution in [2.45, 2.75) is 53.0 Å². The third-order valence-corrected chi connectivity index (χ3v) is 3.46. The van der Waals surface area contributed by atoms with Crippen LogP contribution in [0.3, 0.4) is 0 Å². The van der Waals surface area contributed by atoms with Crippen LogP contribution in [-0.4, -0.2) is 28.6 Å². The lowest BCUT2D eigenvalue weighted by atomic mass is 10.2. The molecule has 0 saturated carbocycles. The summed E-state index contributed by atoms with van der Waals surface area (Å²) < 4.78 is 5.74. The normalized spacial score (nSPS) is 12.1. The SMILES string of the molecule is CCOC(=O)CC(C)Nc1nc(CC)c(Br)nc1CC. The maximum Gasteiger partial charge on any atom is 0.307 e. The first-order chi connectivity index (χ1) is 9.51. The summed E-state index contributed by atoms with van der Waals surface area (Å²) >= 11 is 3.43. The molecule has 0 saturated heterocycles. The Bertz CT molecular complexity index is 466. The number of aromatic nitrogens is 2. The van der Waals surface area contributed by atoms with E-state index in [0.717, 1.165) is 34.7 Å². The number of anilines is 1. The monoisotopic (exact) mass is 343 g/mol. The van der Waals surface area contributed by atoms with Gasteiger partial charge < -0.3 is 10.1 Å². The van der Waals surface area contributed by atoms with Crippen LogP contribution >= 0.6 is 15.9 Å². The molecule has 0 bridgehead atoms. The molecule has 112 valence electrons. The molecule has 5 nitrogen and oxygen atoms in total. The third kappa shape index (κ3) is 4.74. The summed E-state index contributed by atoms with van der Waals surface area (Å²) in [5.41, 5.74) is 1.80. The zero-order valence-electron chi connectivity index (χ0n) is 12.5. The molecule has 0 amide bonds. The fraction of sp³-hybridized carbons (Fsp3) is 0.643. The standard InChI is InChI=1S/C14H22BrN3O2/c1-5-10-13(15)17-11(6-2)14(18-10)16-9(4)8-12(19)20-7-3/h9H,5-8H2,1-4H3,(H,16,18). The molecule has 1 unspecified atom stereocenters. The average Bonchev–Trinajstić information content (AvgIpc) is 2.40. The molecule has 0 aliphatic carbocycles. The van der Waals surface area contributed by atoms with E-state index in [4.69, 9.17) is 4.74 Å². The van der Waals surface area contributed by atoms with E-state index in [-0.39, 0.29) is 12.0 Å². The molecule has 1 atom stereocenters. The van der Waals surface area contributed by atoms with E-state index >= 15 is 0 Å². The Morgan fingerprint density at radius 2 is 1.90 bits per heavy atom. The highest BCUT2D eigenvalue weighted by atomic mass is 79.9.